The third-order valence-electron chi connectivity index (χ3n) is 8.77. The van der Waals surface area contributed by atoms with Crippen molar-refractivity contribution in [2.45, 2.75) is 38.3 Å². The highest BCUT2D eigenvalue weighted by Crippen LogP contribution is 2.41. The molecule has 2 aliphatic heterocycles. The summed E-state index contributed by atoms with van der Waals surface area (Å²) < 4.78 is 16.7. The van der Waals surface area contributed by atoms with Gasteiger partial charge in [-0.3, -0.25) is 9.78 Å². The minimum Gasteiger partial charge on any atom is -0.352 e. The van der Waals surface area contributed by atoms with Gasteiger partial charge >= 0.3 is 0 Å². The molecular weight excluding hydrogens is 527 g/mol. The van der Waals surface area contributed by atoms with Crippen LogP contribution in [0.2, 0.25) is 0 Å². The number of fused-ring (bicyclic) bond motifs is 2. The van der Waals surface area contributed by atoms with Crippen molar-refractivity contribution in [3.63, 3.8) is 0 Å². The maximum atomic E-state index is 16.7. The second-order valence-electron chi connectivity index (χ2n) is 11.5. The van der Waals surface area contributed by atoms with Gasteiger partial charge in [0.05, 0.1) is 5.39 Å². The fourth-order valence-corrected chi connectivity index (χ4v) is 6.28. The maximum Gasteiger partial charge on any atom is 0.228 e. The lowest BCUT2D eigenvalue weighted by atomic mass is 9.81. The van der Waals surface area contributed by atoms with Crippen molar-refractivity contribution in [1.82, 2.24) is 19.9 Å². The molecule has 2 atom stereocenters. The monoisotopic (exact) mass is 562 g/mol. The lowest BCUT2D eigenvalue weighted by molar-refractivity contribution is -0.116. The minimum absolute atomic E-state index is 0.0445. The molecule has 2 fully saturated rings. The molecule has 2 aromatic heterocycles. The van der Waals surface area contributed by atoms with E-state index in [0.29, 0.717) is 47.3 Å². The number of nitrogens with zero attached hydrogens (tertiary/aromatic N) is 6. The molecule has 4 aromatic rings. The van der Waals surface area contributed by atoms with Crippen LogP contribution in [0.3, 0.4) is 0 Å². The summed E-state index contributed by atoms with van der Waals surface area (Å²) in [6.45, 7) is 7.97. The highest BCUT2D eigenvalue weighted by molar-refractivity contribution is 6.02. The Morgan fingerprint density at radius 2 is 1.95 bits per heavy atom. The molecule has 7 nitrogen and oxygen atoms in total. The van der Waals surface area contributed by atoms with E-state index in [1.807, 2.05) is 36.4 Å². The minimum atomic E-state index is -0.493. The van der Waals surface area contributed by atoms with Crippen molar-refractivity contribution in [1.29, 1.82) is 0 Å². The predicted molar refractivity (Wildman–Crippen MR) is 167 cm³/mol. The van der Waals surface area contributed by atoms with Crippen LogP contribution in [0.1, 0.15) is 31.7 Å². The number of ketones is 1. The molecule has 42 heavy (non-hydrogen) atoms. The smallest absolute Gasteiger partial charge is 0.228 e. The molecule has 0 saturated carbocycles. The second kappa shape index (κ2) is 11.1. The first kappa shape index (κ1) is 27.8. The number of halogens is 1. The molecule has 0 unspecified atom stereocenters. The first-order valence-corrected chi connectivity index (χ1v) is 14.5. The lowest BCUT2D eigenvalue weighted by Gasteiger charge is -2.50. The van der Waals surface area contributed by atoms with E-state index in [1.54, 1.807) is 6.20 Å². The highest BCUT2D eigenvalue weighted by Gasteiger charge is 2.41. The first-order chi connectivity index (χ1) is 20.3. The molecule has 0 N–H and O–H groups in total. The summed E-state index contributed by atoms with van der Waals surface area (Å²) in [5.41, 5.74) is 1.77. The number of hydrogen-bond donors (Lipinski definition) is 0. The average Bonchev–Trinajstić information content (AvgIpc) is 2.96. The summed E-state index contributed by atoms with van der Waals surface area (Å²) >= 11 is 0. The van der Waals surface area contributed by atoms with Gasteiger partial charge in [-0.05, 0) is 38.0 Å². The van der Waals surface area contributed by atoms with Gasteiger partial charge in [0, 0.05) is 66.8 Å². The zero-order valence-corrected chi connectivity index (χ0v) is 24.3. The number of carbonyl (C=O) groups is 1. The average molecular weight is 563 g/mol. The summed E-state index contributed by atoms with van der Waals surface area (Å²) in [5, 5.41) is 2.28. The van der Waals surface area contributed by atoms with Crippen LogP contribution in [0.5, 0.6) is 0 Å². The third kappa shape index (κ3) is 4.68. The molecule has 2 aliphatic rings. The molecule has 4 heterocycles. The van der Waals surface area contributed by atoms with Gasteiger partial charge in [-0.25, -0.2) is 9.37 Å². The quantitative estimate of drug-likeness (QED) is 0.198. The summed E-state index contributed by atoms with van der Waals surface area (Å²) in [7, 11) is 4.11. The van der Waals surface area contributed by atoms with Crippen LogP contribution >= 0.6 is 0 Å². The normalized spacial score (nSPS) is 18.7. The van der Waals surface area contributed by atoms with Gasteiger partial charge in [-0.15, -0.1) is 6.42 Å². The molecular formula is C34H35FN6O. The number of benzene rings is 2. The Morgan fingerprint density at radius 1 is 1.19 bits per heavy atom. The van der Waals surface area contributed by atoms with Crippen molar-refractivity contribution < 1.29 is 9.18 Å². The van der Waals surface area contributed by atoms with Gasteiger partial charge in [0.1, 0.15) is 17.0 Å². The van der Waals surface area contributed by atoms with Crippen LogP contribution in [0.25, 0.3) is 32.9 Å². The summed E-state index contributed by atoms with van der Waals surface area (Å²) in [4.78, 5) is 33.2. The number of carbonyl (C=O) groups excluding carboxylic acids is 1. The van der Waals surface area contributed by atoms with Crippen LogP contribution in [0.4, 0.5) is 16.2 Å². The maximum absolute atomic E-state index is 16.7. The number of likely N-dealkylation sites (N-methyl/N-ethyl adjacent to an activating group) is 1. The van der Waals surface area contributed by atoms with Crippen molar-refractivity contribution >= 4 is 39.2 Å². The Kier molecular flexibility index (Phi) is 7.38. The molecule has 0 amide bonds. The summed E-state index contributed by atoms with van der Waals surface area (Å²) in [6, 6.07) is 11.9. The van der Waals surface area contributed by atoms with Gasteiger partial charge < -0.3 is 14.7 Å². The molecule has 6 rings (SSSR count). The molecule has 2 aromatic carbocycles. The number of hydrogen-bond acceptors (Lipinski definition) is 7. The Labute approximate surface area is 246 Å². The Bertz CT molecular complexity index is 1730. The fraction of sp³-hybridized carbons (Fsp3) is 0.353. The van der Waals surface area contributed by atoms with E-state index in [0.717, 1.165) is 36.7 Å². The second-order valence-corrected chi connectivity index (χ2v) is 11.5. The highest BCUT2D eigenvalue weighted by atomic mass is 19.1. The zero-order chi connectivity index (χ0) is 29.5. The molecule has 214 valence electrons. The third-order valence-corrected chi connectivity index (χ3v) is 8.77. The predicted octanol–water partition coefficient (Wildman–Crippen LogP) is 5.47. The lowest BCUT2D eigenvalue weighted by Crippen LogP contribution is -2.59. The van der Waals surface area contributed by atoms with Gasteiger partial charge in [0.25, 0.3) is 0 Å². The molecule has 8 heteroatoms. The Hall–Kier alpha value is -4.35. The Morgan fingerprint density at radius 3 is 2.64 bits per heavy atom. The largest absolute Gasteiger partial charge is 0.352 e. The number of rotatable bonds is 9. The van der Waals surface area contributed by atoms with Crippen molar-refractivity contribution in [2.75, 3.05) is 43.5 Å². The summed E-state index contributed by atoms with van der Waals surface area (Å²) in [5.74, 6) is 3.67. The molecule has 0 spiro atoms. The Balaban J connectivity index is 1.50. The molecule has 0 aliphatic carbocycles. The van der Waals surface area contributed by atoms with Crippen LogP contribution in [-0.4, -0.2) is 71.4 Å². The number of pyridine rings is 1. The van der Waals surface area contributed by atoms with Gasteiger partial charge in [0.15, 0.2) is 11.6 Å². The van der Waals surface area contributed by atoms with E-state index in [9.17, 15) is 4.79 Å². The standard InChI is InChI=1S/C34H35FN6O/c1-6-11-28-23(16-25(42)8-3)18-41(28)33-27-17-36-31(26-15-10-14-22-13-9-12-21(7-2)29(22)26)30(35)32(27)37-34(38-33)40-19-24(20-40)39(4)5/h2,8-10,12-15,17,23-24,28H,3,6,11,16,18-20H2,1,4-5H3/t23-,28-/m1/s1. The SMILES string of the molecule is C#Cc1cccc2cccc(-c3ncc4c(N5C[C@@H](CC(=O)C=C)[C@H]5CCC)nc(N5CC(N(C)C)C5)nc4c3F)c12. The number of allylic oxidation sites excluding steroid dienone is 1. The van der Waals surface area contributed by atoms with Crippen molar-refractivity contribution in [3.8, 4) is 23.6 Å². The number of anilines is 2. The van der Waals surface area contributed by atoms with E-state index in [-0.39, 0.29) is 29.0 Å². The van der Waals surface area contributed by atoms with Crippen LogP contribution in [-0.2, 0) is 4.79 Å². The number of terminal acetylenes is 1. The number of aromatic nitrogens is 3. The van der Waals surface area contributed by atoms with E-state index < -0.39 is 5.82 Å². The van der Waals surface area contributed by atoms with Crippen molar-refractivity contribution in [3.05, 3.63) is 66.6 Å². The van der Waals surface area contributed by atoms with Crippen LogP contribution < -0.4 is 9.80 Å². The first-order valence-electron chi connectivity index (χ1n) is 14.5. The van der Waals surface area contributed by atoms with E-state index in [2.05, 4.69) is 53.2 Å². The fourth-order valence-electron chi connectivity index (χ4n) is 6.28. The van der Waals surface area contributed by atoms with E-state index in [1.165, 1.54) is 6.08 Å². The van der Waals surface area contributed by atoms with Gasteiger partial charge in [-0.2, -0.15) is 4.98 Å². The van der Waals surface area contributed by atoms with Crippen LogP contribution in [0, 0.1) is 24.1 Å². The van der Waals surface area contributed by atoms with Crippen molar-refractivity contribution in [2.24, 2.45) is 5.92 Å². The van der Waals surface area contributed by atoms with E-state index >= 15 is 4.39 Å². The topological polar surface area (TPSA) is 65.5 Å². The molecule has 0 bridgehead atoms. The van der Waals surface area contributed by atoms with Gasteiger partial charge in [0.2, 0.25) is 5.95 Å². The van der Waals surface area contributed by atoms with Crippen LogP contribution in [0.15, 0.2) is 55.3 Å². The zero-order valence-electron chi connectivity index (χ0n) is 24.3. The molecule has 2 saturated heterocycles. The summed E-state index contributed by atoms with van der Waals surface area (Å²) in [6.07, 6.45) is 11.2. The molecule has 0 radical (unpaired) electrons. The van der Waals surface area contributed by atoms with E-state index in [4.69, 9.17) is 16.4 Å². The van der Waals surface area contributed by atoms with Gasteiger partial charge in [-0.1, -0.05) is 56.2 Å².